The summed E-state index contributed by atoms with van der Waals surface area (Å²) in [5.41, 5.74) is 0. The molecule has 0 bridgehead atoms. The van der Waals surface area contributed by atoms with Gasteiger partial charge in [-0.2, -0.15) is 0 Å². The molecular weight excluding hydrogens is 158 g/mol. The van der Waals surface area contributed by atoms with Crippen molar-refractivity contribution in [2.45, 2.75) is 13.0 Å². The molecule has 0 spiro atoms. The average Bonchev–Trinajstić information content (AvgIpc) is 2.56. The highest BCUT2D eigenvalue weighted by Gasteiger charge is 2.09. The van der Waals surface area contributed by atoms with Crippen LogP contribution in [0.15, 0.2) is 22.8 Å². The van der Waals surface area contributed by atoms with Crippen LogP contribution < -0.4 is 5.32 Å². The fourth-order valence-electron chi connectivity index (χ4n) is 0.896. The molecule has 0 aliphatic rings. The minimum Gasteiger partial charge on any atom is -0.467 e. The van der Waals surface area contributed by atoms with Gasteiger partial charge in [0.2, 0.25) is 5.91 Å². The van der Waals surface area contributed by atoms with Crippen molar-refractivity contribution >= 4 is 5.91 Å². The van der Waals surface area contributed by atoms with E-state index in [-0.39, 0.29) is 6.04 Å². The van der Waals surface area contributed by atoms with Gasteiger partial charge in [-0.15, -0.1) is 0 Å². The first-order valence-corrected chi connectivity index (χ1v) is 3.67. The Morgan fingerprint density at radius 2 is 2.58 bits per heavy atom. The average molecular weight is 169 g/mol. The Bertz CT molecular complexity index is 243. The van der Waals surface area contributed by atoms with E-state index in [0.29, 0.717) is 5.76 Å². The minimum absolute atomic E-state index is 0.195. The number of amides is 1. The van der Waals surface area contributed by atoms with E-state index in [1.807, 2.05) is 0 Å². The third-order valence-corrected chi connectivity index (χ3v) is 1.49. The number of rotatable bonds is 3. The lowest BCUT2D eigenvalue weighted by Gasteiger charge is -2.09. The summed E-state index contributed by atoms with van der Waals surface area (Å²) in [6.45, 7) is 1.29. The Morgan fingerprint density at radius 1 is 1.83 bits per heavy atom. The number of aliphatic hydroxyl groups is 1. The number of carbonyl (C=O) groups is 1. The zero-order chi connectivity index (χ0) is 8.97. The molecule has 1 heterocycles. The minimum atomic E-state index is -0.495. The summed E-state index contributed by atoms with van der Waals surface area (Å²) >= 11 is 0. The van der Waals surface area contributed by atoms with Gasteiger partial charge in [0, 0.05) is 0 Å². The second kappa shape index (κ2) is 3.92. The first-order chi connectivity index (χ1) is 5.74. The van der Waals surface area contributed by atoms with Crippen molar-refractivity contribution in [3.05, 3.63) is 24.2 Å². The Balaban J connectivity index is 2.49. The number of furan rings is 1. The van der Waals surface area contributed by atoms with Gasteiger partial charge in [0.15, 0.2) is 0 Å². The second-order valence-corrected chi connectivity index (χ2v) is 2.46. The van der Waals surface area contributed by atoms with E-state index in [9.17, 15) is 4.79 Å². The van der Waals surface area contributed by atoms with Crippen molar-refractivity contribution in [3.63, 3.8) is 0 Å². The van der Waals surface area contributed by atoms with Gasteiger partial charge in [0.1, 0.15) is 12.4 Å². The largest absolute Gasteiger partial charge is 0.467 e. The predicted molar refractivity (Wildman–Crippen MR) is 42.4 cm³/mol. The van der Waals surface area contributed by atoms with Crippen LogP contribution >= 0.6 is 0 Å². The molecule has 0 aromatic carbocycles. The molecule has 2 N–H and O–H groups in total. The van der Waals surface area contributed by atoms with Crippen LogP contribution in [0, 0.1) is 0 Å². The molecule has 1 aromatic heterocycles. The molecule has 4 nitrogen and oxygen atoms in total. The summed E-state index contributed by atoms with van der Waals surface area (Å²) in [4.78, 5) is 10.7. The fraction of sp³-hybridized carbons (Fsp3) is 0.375. The monoisotopic (exact) mass is 169 g/mol. The summed E-state index contributed by atoms with van der Waals surface area (Å²) in [6, 6.07) is 3.32. The van der Waals surface area contributed by atoms with Gasteiger partial charge in [0.25, 0.3) is 0 Å². The first kappa shape index (κ1) is 8.80. The van der Waals surface area contributed by atoms with Crippen molar-refractivity contribution < 1.29 is 14.3 Å². The maximum atomic E-state index is 10.7. The van der Waals surface area contributed by atoms with Crippen LogP contribution in [0.25, 0.3) is 0 Å². The Hall–Kier alpha value is -1.29. The predicted octanol–water partition coefficient (Wildman–Crippen LogP) is 0.449. The molecule has 1 atom stereocenters. The summed E-state index contributed by atoms with van der Waals surface area (Å²) in [5, 5.41) is 11.0. The lowest BCUT2D eigenvalue weighted by molar-refractivity contribution is -0.124. The third kappa shape index (κ3) is 2.10. The topological polar surface area (TPSA) is 62.5 Å². The summed E-state index contributed by atoms with van der Waals surface area (Å²) in [7, 11) is 0. The molecule has 4 heteroatoms. The molecule has 66 valence electrons. The van der Waals surface area contributed by atoms with Crippen molar-refractivity contribution in [2.24, 2.45) is 0 Å². The number of carbonyl (C=O) groups excluding carboxylic acids is 1. The van der Waals surface area contributed by atoms with Crippen LogP contribution in [-0.2, 0) is 4.79 Å². The van der Waals surface area contributed by atoms with E-state index in [1.54, 1.807) is 19.1 Å². The molecule has 1 unspecified atom stereocenters. The molecule has 1 amide bonds. The zero-order valence-corrected chi connectivity index (χ0v) is 6.78. The number of nitrogens with one attached hydrogen (secondary N) is 1. The SMILES string of the molecule is CC(NC(=O)CO)c1ccco1. The van der Waals surface area contributed by atoms with Crippen LogP contribution in [0.2, 0.25) is 0 Å². The number of hydrogen-bond acceptors (Lipinski definition) is 3. The smallest absolute Gasteiger partial charge is 0.246 e. The van der Waals surface area contributed by atoms with E-state index >= 15 is 0 Å². The second-order valence-electron chi connectivity index (χ2n) is 2.46. The van der Waals surface area contributed by atoms with E-state index in [1.165, 1.54) is 6.26 Å². The Kier molecular flexibility index (Phi) is 2.88. The first-order valence-electron chi connectivity index (χ1n) is 3.67. The molecular formula is C8H11NO3. The molecule has 0 fully saturated rings. The standard InChI is InChI=1S/C8H11NO3/c1-6(9-8(11)5-10)7-3-2-4-12-7/h2-4,6,10H,5H2,1H3,(H,9,11). The molecule has 1 aromatic rings. The van der Waals surface area contributed by atoms with Crippen molar-refractivity contribution in [1.29, 1.82) is 0 Å². The lowest BCUT2D eigenvalue weighted by Crippen LogP contribution is -2.28. The Morgan fingerprint density at radius 3 is 3.08 bits per heavy atom. The highest BCUT2D eigenvalue weighted by atomic mass is 16.3. The Labute approximate surface area is 70.2 Å². The molecule has 0 aliphatic heterocycles. The van der Waals surface area contributed by atoms with Gasteiger partial charge >= 0.3 is 0 Å². The van der Waals surface area contributed by atoms with Crippen molar-refractivity contribution in [2.75, 3.05) is 6.61 Å². The molecule has 1 rings (SSSR count). The zero-order valence-electron chi connectivity index (χ0n) is 6.78. The summed E-state index contributed by atoms with van der Waals surface area (Å²) < 4.78 is 5.04. The fourth-order valence-corrected chi connectivity index (χ4v) is 0.896. The van der Waals surface area contributed by atoms with E-state index < -0.39 is 12.5 Å². The van der Waals surface area contributed by atoms with Gasteiger partial charge < -0.3 is 14.8 Å². The third-order valence-electron chi connectivity index (χ3n) is 1.49. The van der Waals surface area contributed by atoms with Gasteiger partial charge in [-0.05, 0) is 19.1 Å². The van der Waals surface area contributed by atoms with Gasteiger partial charge in [0.05, 0.1) is 12.3 Å². The summed E-state index contributed by atoms with van der Waals surface area (Å²) in [5.74, 6) is 0.274. The van der Waals surface area contributed by atoms with Crippen LogP contribution in [-0.4, -0.2) is 17.6 Å². The quantitative estimate of drug-likeness (QED) is 0.690. The number of hydrogen-bond donors (Lipinski definition) is 2. The highest BCUT2D eigenvalue weighted by molar-refractivity contribution is 5.77. The molecule has 0 aliphatic carbocycles. The van der Waals surface area contributed by atoms with Gasteiger partial charge in [-0.3, -0.25) is 4.79 Å². The molecule has 0 radical (unpaired) electrons. The van der Waals surface area contributed by atoms with E-state index in [0.717, 1.165) is 0 Å². The van der Waals surface area contributed by atoms with E-state index in [4.69, 9.17) is 9.52 Å². The molecule has 0 saturated carbocycles. The molecule has 0 saturated heterocycles. The van der Waals surface area contributed by atoms with Crippen LogP contribution in [0.5, 0.6) is 0 Å². The van der Waals surface area contributed by atoms with Crippen LogP contribution in [0.1, 0.15) is 18.7 Å². The number of aliphatic hydroxyl groups excluding tert-OH is 1. The highest BCUT2D eigenvalue weighted by Crippen LogP contribution is 2.11. The van der Waals surface area contributed by atoms with Crippen LogP contribution in [0.4, 0.5) is 0 Å². The van der Waals surface area contributed by atoms with Gasteiger partial charge in [-0.1, -0.05) is 0 Å². The van der Waals surface area contributed by atoms with E-state index in [2.05, 4.69) is 5.32 Å². The summed E-state index contributed by atoms with van der Waals surface area (Å²) in [6.07, 6.45) is 1.54. The maximum absolute atomic E-state index is 10.7. The molecule has 12 heavy (non-hydrogen) atoms. The van der Waals surface area contributed by atoms with Gasteiger partial charge in [-0.25, -0.2) is 0 Å². The van der Waals surface area contributed by atoms with Crippen LogP contribution in [0.3, 0.4) is 0 Å². The van der Waals surface area contributed by atoms with Crippen molar-refractivity contribution in [3.8, 4) is 0 Å². The maximum Gasteiger partial charge on any atom is 0.246 e. The lowest BCUT2D eigenvalue weighted by atomic mass is 10.2. The normalized spacial score (nSPS) is 12.5. The van der Waals surface area contributed by atoms with Crippen molar-refractivity contribution in [1.82, 2.24) is 5.32 Å².